The third-order valence-electron chi connectivity index (χ3n) is 1.33. The number of cyclic esters (lactones) is 1. The van der Waals surface area contributed by atoms with Crippen LogP contribution >= 0.6 is 0 Å². The van der Waals surface area contributed by atoms with E-state index >= 15 is 0 Å². The molecule has 1 aliphatic heterocycles. The minimum atomic E-state index is -1.02. The molecule has 0 saturated carbocycles. The van der Waals surface area contributed by atoms with E-state index in [2.05, 4.69) is 0 Å². The Balaban J connectivity index is 2.74. The first-order valence-electron chi connectivity index (χ1n) is 3.33. The fraction of sp³-hybridized carbons (Fsp3) is 0.714. The van der Waals surface area contributed by atoms with Crippen LogP contribution in [0.1, 0.15) is 20.8 Å². The fourth-order valence-electron chi connectivity index (χ4n) is 0.901. The monoisotopic (exact) mass is 158 g/mol. The molecule has 1 saturated heterocycles. The molecule has 11 heavy (non-hydrogen) atoms. The highest BCUT2D eigenvalue weighted by atomic mass is 16.8. The second-order valence-electron chi connectivity index (χ2n) is 2.93. The topological polar surface area (TPSA) is 52.6 Å². The van der Waals surface area contributed by atoms with Crippen LogP contribution in [0.25, 0.3) is 0 Å². The summed E-state index contributed by atoms with van der Waals surface area (Å²) in [5.74, 6) is -1.86. The molecule has 62 valence electrons. The maximum atomic E-state index is 10.9. The third-order valence-corrected chi connectivity index (χ3v) is 1.33. The van der Waals surface area contributed by atoms with Crippen molar-refractivity contribution in [3.63, 3.8) is 0 Å². The van der Waals surface area contributed by atoms with Crippen molar-refractivity contribution < 1.29 is 19.1 Å². The average Bonchev–Trinajstić information content (AvgIpc) is 2.05. The van der Waals surface area contributed by atoms with E-state index in [0.717, 1.165) is 0 Å². The van der Waals surface area contributed by atoms with Crippen molar-refractivity contribution in [2.75, 3.05) is 0 Å². The Hall–Kier alpha value is -0.900. The lowest BCUT2D eigenvalue weighted by Gasteiger charge is -2.14. The minimum Gasteiger partial charge on any atom is -0.431 e. The zero-order chi connectivity index (χ0) is 8.65. The molecule has 0 spiro atoms. The smallest absolute Gasteiger partial charge is 0.345 e. The number of ketones is 1. The van der Waals surface area contributed by atoms with E-state index in [4.69, 9.17) is 9.47 Å². The van der Waals surface area contributed by atoms with Gasteiger partial charge >= 0.3 is 5.97 Å². The summed E-state index contributed by atoms with van der Waals surface area (Å²) >= 11 is 0. The summed E-state index contributed by atoms with van der Waals surface area (Å²) in [7, 11) is 0. The van der Waals surface area contributed by atoms with Crippen LogP contribution in [0.4, 0.5) is 0 Å². The van der Waals surface area contributed by atoms with Crippen LogP contribution in [0, 0.1) is 0 Å². The Morgan fingerprint density at radius 3 is 2.27 bits per heavy atom. The lowest BCUT2D eigenvalue weighted by atomic mass is 10.3. The molecular weight excluding hydrogens is 148 g/mol. The summed E-state index contributed by atoms with van der Waals surface area (Å²) < 4.78 is 9.74. The Morgan fingerprint density at radius 1 is 1.55 bits per heavy atom. The molecule has 1 rings (SSSR count). The minimum absolute atomic E-state index is 0.319. The molecule has 0 aromatic rings. The van der Waals surface area contributed by atoms with E-state index in [0.29, 0.717) is 0 Å². The van der Waals surface area contributed by atoms with Crippen molar-refractivity contribution in [1.29, 1.82) is 0 Å². The lowest BCUT2D eigenvalue weighted by Crippen LogP contribution is -2.26. The molecule has 0 aliphatic carbocycles. The number of rotatable bonds is 1. The SMILES string of the molecule is CC(=O)[C@@H]1OC(C)(C)OC1=O. The molecule has 0 radical (unpaired) electrons. The Morgan fingerprint density at radius 2 is 2.09 bits per heavy atom. The van der Waals surface area contributed by atoms with Crippen molar-refractivity contribution >= 4 is 11.8 Å². The molecule has 1 aliphatic rings. The van der Waals surface area contributed by atoms with Gasteiger partial charge in [-0.15, -0.1) is 0 Å². The second kappa shape index (κ2) is 2.30. The number of Topliss-reactive ketones (excluding diaryl/α,β-unsaturated/α-hetero) is 1. The van der Waals surface area contributed by atoms with E-state index < -0.39 is 17.9 Å². The first-order valence-corrected chi connectivity index (χ1v) is 3.33. The predicted octanol–water partition coefficient (Wildman–Crippen LogP) is 0.253. The first kappa shape index (κ1) is 8.20. The van der Waals surface area contributed by atoms with Gasteiger partial charge in [-0.05, 0) is 6.92 Å². The highest BCUT2D eigenvalue weighted by molar-refractivity contribution is 6.01. The van der Waals surface area contributed by atoms with Gasteiger partial charge in [0.05, 0.1) is 0 Å². The predicted molar refractivity (Wildman–Crippen MR) is 35.7 cm³/mol. The van der Waals surface area contributed by atoms with Crippen LogP contribution in [0.3, 0.4) is 0 Å². The molecule has 4 nitrogen and oxygen atoms in total. The van der Waals surface area contributed by atoms with Gasteiger partial charge in [-0.3, -0.25) is 4.79 Å². The third kappa shape index (κ3) is 1.57. The molecule has 0 N–H and O–H groups in total. The number of carbonyl (C=O) groups excluding carboxylic acids is 2. The largest absolute Gasteiger partial charge is 0.431 e. The standard InChI is InChI=1S/C7H10O4/c1-4(8)5-6(9)11-7(2,3)10-5/h5H,1-3H3/t5-/m0/s1. The number of ether oxygens (including phenoxy) is 2. The molecule has 1 fully saturated rings. The van der Waals surface area contributed by atoms with Gasteiger partial charge < -0.3 is 9.47 Å². The molecule has 0 aromatic heterocycles. The molecule has 0 amide bonds. The van der Waals surface area contributed by atoms with E-state index in [1.165, 1.54) is 6.92 Å². The van der Waals surface area contributed by atoms with Crippen molar-refractivity contribution in [2.24, 2.45) is 0 Å². The summed E-state index contributed by atoms with van der Waals surface area (Å²) in [6.45, 7) is 4.48. The Kier molecular flexibility index (Phi) is 1.72. The number of carbonyl (C=O) groups is 2. The van der Waals surface area contributed by atoms with Gasteiger partial charge in [0, 0.05) is 13.8 Å². The van der Waals surface area contributed by atoms with Gasteiger partial charge in [-0.25, -0.2) is 4.79 Å². The zero-order valence-electron chi connectivity index (χ0n) is 6.71. The van der Waals surface area contributed by atoms with Gasteiger partial charge in [0.1, 0.15) is 0 Å². The van der Waals surface area contributed by atoms with Crippen molar-refractivity contribution in [3.05, 3.63) is 0 Å². The van der Waals surface area contributed by atoms with Crippen LogP contribution in [0.5, 0.6) is 0 Å². The molecule has 0 unspecified atom stereocenters. The Bertz CT molecular complexity index is 206. The normalized spacial score (nSPS) is 28.3. The summed E-state index contributed by atoms with van der Waals surface area (Å²) in [5.41, 5.74) is 0. The maximum absolute atomic E-state index is 10.9. The van der Waals surface area contributed by atoms with Gasteiger partial charge in [0.15, 0.2) is 5.78 Å². The van der Waals surface area contributed by atoms with Crippen LogP contribution < -0.4 is 0 Å². The molecule has 1 atom stereocenters. The van der Waals surface area contributed by atoms with Crippen LogP contribution in [0.2, 0.25) is 0 Å². The molecule has 4 heteroatoms. The number of hydrogen-bond donors (Lipinski definition) is 0. The molecular formula is C7H10O4. The van der Waals surface area contributed by atoms with Crippen molar-refractivity contribution in [1.82, 2.24) is 0 Å². The van der Waals surface area contributed by atoms with Gasteiger partial charge in [0.2, 0.25) is 11.9 Å². The van der Waals surface area contributed by atoms with Crippen molar-refractivity contribution in [2.45, 2.75) is 32.7 Å². The highest BCUT2D eigenvalue weighted by Gasteiger charge is 2.43. The summed E-state index contributed by atoms with van der Waals surface area (Å²) in [4.78, 5) is 21.6. The van der Waals surface area contributed by atoms with Gasteiger partial charge in [-0.1, -0.05) is 0 Å². The lowest BCUT2D eigenvalue weighted by molar-refractivity contribution is -0.162. The van der Waals surface area contributed by atoms with Gasteiger partial charge in [0.25, 0.3) is 0 Å². The Labute approximate surface area is 64.5 Å². The van der Waals surface area contributed by atoms with Gasteiger partial charge in [-0.2, -0.15) is 0 Å². The molecule has 1 heterocycles. The molecule has 0 aromatic carbocycles. The van der Waals surface area contributed by atoms with E-state index in [1.807, 2.05) is 0 Å². The van der Waals surface area contributed by atoms with Crippen LogP contribution in [-0.2, 0) is 19.1 Å². The first-order chi connectivity index (χ1) is 4.92. The summed E-state index contributed by atoms with van der Waals surface area (Å²) in [6.07, 6.45) is -1.02. The fourth-order valence-corrected chi connectivity index (χ4v) is 0.901. The highest BCUT2D eigenvalue weighted by Crippen LogP contribution is 2.23. The molecule has 0 bridgehead atoms. The zero-order valence-corrected chi connectivity index (χ0v) is 6.71. The van der Waals surface area contributed by atoms with E-state index in [-0.39, 0.29) is 5.78 Å². The van der Waals surface area contributed by atoms with Crippen LogP contribution in [0.15, 0.2) is 0 Å². The van der Waals surface area contributed by atoms with Crippen LogP contribution in [-0.4, -0.2) is 23.6 Å². The summed E-state index contributed by atoms with van der Waals surface area (Å²) in [6, 6.07) is 0. The average molecular weight is 158 g/mol. The van der Waals surface area contributed by atoms with E-state index in [1.54, 1.807) is 13.8 Å². The van der Waals surface area contributed by atoms with E-state index in [9.17, 15) is 9.59 Å². The quantitative estimate of drug-likeness (QED) is 0.405. The maximum Gasteiger partial charge on any atom is 0.345 e. The number of hydrogen-bond acceptors (Lipinski definition) is 4. The summed E-state index contributed by atoms with van der Waals surface area (Å²) in [5, 5.41) is 0. The number of esters is 1. The van der Waals surface area contributed by atoms with Crippen molar-refractivity contribution in [3.8, 4) is 0 Å². The second-order valence-corrected chi connectivity index (χ2v) is 2.93.